The van der Waals surface area contributed by atoms with Gasteiger partial charge in [-0.3, -0.25) is 4.90 Å². The van der Waals surface area contributed by atoms with E-state index in [1.54, 1.807) is 0 Å². The van der Waals surface area contributed by atoms with Crippen LogP contribution in [-0.4, -0.2) is 56.1 Å². The van der Waals surface area contributed by atoms with Gasteiger partial charge in [0.05, 0.1) is 0 Å². The Labute approximate surface area is 124 Å². The Morgan fingerprint density at radius 1 is 1.05 bits per heavy atom. The molecule has 112 valence electrons. The maximum atomic E-state index is 3.62. The van der Waals surface area contributed by atoms with Crippen molar-refractivity contribution < 1.29 is 0 Å². The molecule has 0 radical (unpaired) electrons. The molecule has 1 aromatic carbocycles. The Morgan fingerprint density at radius 2 is 1.70 bits per heavy atom. The van der Waals surface area contributed by atoms with E-state index in [1.165, 1.54) is 37.4 Å². The molecule has 0 saturated carbocycles. The van der Waals surface area contributed by atoms with E-state index >= 15 is 0 Å². The van der Waals surface area contributed by atoms with Gasteiger partial charge in [0.1, 0.15) is 0 Å². The highest BCUT2D eigenvalue weighted by molar-refractivity contribution is 5.54. The van der Waals surface area contributed by atoms with E-state index < -0.39 is 0 Å². The summed E-state index contributed by atoms with van der Waals surface area (Å²) in [4.78, 5) is 4.95. The fourth-order valence-electron chi connectivity index (χ4n) is 2.71. The molecule has 1 N–H and O–H groups in total. The first-order valence-corrected chi connectivity index (χ1v) is 7.71. The monoisotopic (exact) mass is 275 g/mol. The van der Waals surface area contributed by atoms with Crippen molar-refractivity contribution in [1.82, 2.24) is 9.80 Å². The van der Waals surface area contributed by atoms with Crippen molar-refractivity contribution >= 4 is 5.69 Å². The number of rotatable bonds is 4. The predicted molar refractivity (Wildman–Crippen MR) is 87.6 cm³/mol. The zero-order valence-electron chi connectivity index (χ0n) is 13.4. The highest BCUT2D eigenvalue weighted by Crippen LogP contribution is 2.28. The molecule has 20 heavy (non-hydrogen) atoms. The average Bonchev–Trinajstić information content (AvgIpc) is 2.40. The second-order valence-corrected chi connectivity index (χ2v) is 6.87. The fraction of sp³-hybridized carbons (Fsp3) is 0.647. The summed E-state index contributed by atoms with van der Waals surface area (Å²) in [5.41, 5.74) is 2.88. The third-order valence-electron chi connectivity index (χ3n) is 4.07. The SMILES string of the molecule is CN1CCN(CCNc2ccccc2C(C)(C)C)CC1. The van der Waals surface area contributed by atoms with E-state index in [2.05, 4.69) is 67.2 Å². The molecule has 0 aromatic heterocycles. The van der Waals surface area contributed by atoms with E-state index in [9.17, 15) is 0 Å². The lowest BCUT2D eigenvalue weighted by Gasteiger charge is -2.32. The van der Waals surface area contributed by atoms with Crippen LogP contribution in [0.15, 0.2) is 24.3 Å². The maximum Gasteiger partial charge on any atom is 0.0378 e. The summed E-state index contributed by atoms with van der Waals surface area (Å²) in [7, 11) is 2.20. The quantitative estimate of drug-likeness (QED) is 0.911. The van der Waals surface area contributed by atoms with Gasteiger partial charge in [0, 0.05) is 45.0 Å². The Balaban J connectivity index is 1.85. The van der Waals surface area contributed by atoms with Gasteiger partial charge >= 0.3 is 0 Å². The summed E-state index contributed by atoms with van der Waals surface area (Å²) in [6.45, 7) is 13.7. The summed E-state index contributed by atoms with van der Waals surface area (Å²) in [5.74, 6) is 0. The molecule has 1 heterocycles. The first kappa shape index (κ1) is 15.3. The maximum absolute atomic E-state index is 3.62. The zero-order valence-corrected chi connectivity index (χ0v) is 13.4. The van der Waals surface area contributed by atoms with Gasteiger partial charge in [0.15, 0.2) is 0 Å². The van der Waals surface area contributed by atoms with Crippen LogP contribution < -0.4 is 5.32 Å². The Hall–Kier alpha value is -1.06. The largest absolute Gasteiger partial charge is 0.384 e. The van der Waals surface area contributed by atoms with E-state index in [1.807, 2.05) is 0 Å². The molecule has 1 fully saturated rings. The molecule has 0 bridgehead atoms. The van der Waals surface area contributed by atoms with Gasteiger partial charge in [-0.2, -0.15) is 0 Å². The average molecular weight is 275 g/mol. The van der Waals surface area contributed by atoms with E-state index in [0.717, 1.165) is 13.1 Å². The molecule has 1 aliphatic rings. The van der Waals surface area contributed by atoms with Crippen molar-refractivity contribution in [3.05, 3.63) is 29.8 Å². The van der Waals surface area contributed by atoms with Crippen LogP contribution in [0.2, 0.25) is 0 Å². The number of likely N-dealkylation sites (N-methyl/N-ethyl adjacent to an activating group) is 1. The molecule has 1 saturated heterocycles. The van der Waals surface area contributed by atoms with Crippen molar-refractivity contribution in [3.8, 4) is 0 Å². The summed E-state index contributed by atoms with van der Waals surface area (Å²) in [5, 5.41) is 3.62. The van der Waals surface area contributed by atoms with Gasteiger partial charge in [-0.05, 0) is 24.1 Å². The Morgan fingerprint density at radius 3 is 2.35 bits per heavy atom. The molecule has 0 unspecified atom stereocenters. The van der Waals surface area contributed by atoms with E-state index in [-0.39, 0.29) is 5.41 Å². The van der Waals surface area contributed by atoms with Gasteiger partial charge in [-0.25, -0.2) is 0 Å². The first-order chi connectivity index (χ1) is 9.47. The molecule has 0 aliphatic carbocycles. The predicted octanol–water partition coefficient (Wildman–Crippen LogP) is 2.64. The Kier molecular flexibility index (Phi) is 5.06. The highest BCUT2D eigenvalue weighted by Gasteiger charge is 2.17. The van der Waals surface area contributed by atoms with Crippen LogP contribution in [0, 0.1) is 0 Å². The van der Waals surface area contributed by atoms with Crippen LogP contribution in [0.4, 0.5) is 5.69 Å². The van der Waals surface area contributed by atoms with Crippen molar-refractivity contribution in [2.24, 2.45) is 0 Å². The summed E-state index contributed by atoms with van der Waals surface area (Å²) in [6.07, 6.45) is 0. The van der Waals surface area contributed by atoms with Gasteiger partial charge in [-0.15, -0.1) is 0 Å². The minimum absolute atomic E-state index is 0.192. The molecule has 1 aliphatic heterocycles. The molecular formula is C17H29N3. The molecular weight excluding hydrogens is 246 g/mol. The van der Waals surface area contributed by atoms with Crippen LogP contribution >= 0.6 is 0 Å². The van der Waals surface area contributed by atoms with Gasteiger partial charge in [-0.1, -0.05) is 39.0 Å². The number of benzene rings is 1. The number of hydrogen-bond acceptors (Lipinski definition) is 3. The minimum Gasteiger partial charge on any atom is -0.384 e. The Bertz CT molecular complexity index is 414. The van der Waals surface area contributed by atoms with Gasteiger partial charge in [0.2, 0.25) is 0 Å². The molecule has 0 amide bonds. The van der Waals surface area contributed by atoms with Crippen molar-refractivity contribution in [3.63, 3.8) is 0 Å². The number of hydrogen-bond donors (Lipinski definition) is 1. The van der Waals surface area contributed by atoms with Crippen LogP contribution in [0.5, 0.6) is 0 Å². The molecule has 2 rings (SSSR count). The molecule has 3 heteroatoms. The van der Waals surface area contributed by atoms with Crippen LogP contribution in [0.1, 0.15) is 26.3 Å². The number of nitrogens with zero attached hydrogens (tertiary/aromatic N) is 2. The lowest BCUT2D eigenvalue weighted by Crippen LogP contribution is -2.45. The van der Waals surface area contributed by atoms with Gasteiger partial charge in [0.25, 0.3) is 0 Å². The molecule has 1 aromatic rings. The number of piperazine rings is 1. The third kappa shape index (κ3) is 4.22. The fourth-order valence-corrected chi connectivity index (χ4v) is 2.71. The summed E-state index contributed by atoms with van der Waals surface area (Å²) in [6, 6.07) is 8.68. The van der Waals surface area contributed by atoms with Crippen molar-refractivity contribution in [1.29, 1.82) is 0 Å². The van der Waals surface area contributed by atoms with Gasteiger partial charge < -0.3 is 10.2 Å². The van der Waals surface area contributed by atoms with E-state index in [0.29, 0.717) is 0 Å². The zero-order chi connectivity index (χ0) is 14.6. The molecule has 3 nitrogen and oxygen atoms in total. The topological polar surface area (TPSA) is 18.5 Å². The van der Waals surface area contributed by atoms with Crippen LogP contribution in [0.25, 0.3) is 0 Å². The highest BCUT2D eigenvalue weighted by atomic mass is 15.2. The summed E-state index contributed by atoms with van der Waals surface area (Å²) < 4.78 is 0. The second-order valence-electron chi connectivity index (χ2n) is 6.87. The number of nitrogens with one attached hydrogen (secondary N) is 1. The summed E-state index contributed by atoms with van der Waals surface area (Å²) >= 11 is 0. The normalized spacial score (nSPS) is 18.2. The number of para-hydroxylation sites is 1. The van der Waals surface area contributed by atoms with Crippen LogP contribution in [-0.2, 0) is 5.41 Å². The minimum atomic E-state index is 0.192. The standard InChI is InChI=1S/C17H29N3/c1-17(2,3)15-7-5-6-8-16(15)18-9-10-20-13-11-19(4)12-14-20/h5-8,18H,9-14H2,1-4H3. The van der Waals surface area contributed by atoms with E-state index in [4.69, 9.17) is 0 Å². The molecule has 0 spiro atoms. The first-order valence-electron chi connectivity index (χ1n) is 7.71. The molecule has 0 atom stereocenters. The van der Waals surface area contributed by atoms with Crippen molar-refractivity contribution in [2.75, 3.05) is 51.6 Å². The number of anilines is 1. The lowest BCUT2D eigenvalue weighted by atomic mass is 9.86. The van der Waals surface area contributed by atoms with Crippen LogP contribution in [0.3, 0.4) is 0 Å². The third-order valence-corrected chi connectivity index (χ3v) is 4.07. The lowest BCUT2D eigenvalue weighted by molar-refractivity contribution is 0.158. The smallest absolute Gasteiger partial charge is 0.0378 e. The van der Waals surface area contributed by atoms with Crippen molar-refractivity contribution in [2.45, 2.75) is 26.2 Å². The second kappa shape index (κ2) is 6.59.